The summed E-state index contributed by atoms with van der Waals surface area (Å²) in [5.41, 5.74) is 3.95. The average molecular weight is 262 g/mol. The van der Waals surface area contributed by atoms with Crippen molar-refractivity contribution in [3.8, 4) is 5.75 Å². The third-order valence-electron chi connectivity index (χ3n) is 1.61. The van der Waals surface area contributed by atoms with Crippen LogP contribution in [-0.4, -0.2) is 6.36 Å². The molecule has 2 N–H and O–H groups in total. The van der Waals surface area contributed by atoms with E-state index in [0.29, 0.717) is 0 Å². The minimum Gasteiger partial charge on any atom is -0.404 e. The zero-order chi connectivity index (χ0) is 12.5. The van der Waals surface area contributed by atoms with Gasteiger partial charge in [-0.15, -0.1) is 13.2 Å². The molecule has 0 atom stereocenters. The Bertz CT molecular complexity index is 393. The highest BCUT2D eigenvalue weighted by atomic mass is 35.5. The lowest BCUT2D eigenvalue weighted by molar-refractivity contribution is -0.275. The Balaban J connectivity index is 3.26. The van der Waals surface area contributed by atoms with Crippen LogP contribution in [0.25, 0.3) is 0 Å². The third-order valence-corrected chi connectivity index (χ3v) is 2.00. The van der Waals surface area contributed by atoms with Gasteiger partial charge in [0.1, 0.15) is 5.02 Å². The number of nitrogens with two attached hydrogens (primary N) is 1. The summed E-state index contributed by atoms with van der Waals surface area (Å²) in [6, 6.07) is 1.71. The van der Waals surface area contributed by atoms with Gasteiger partial charge in [0.2, 0.25) is 0 Å². The number of anilines is 1. The zero-order valence-corrected chi connectivity index (χ0v) is 8.24. The van der Waals surface area contributed by atoms with Gasteiger partial charge < -0.3 is 10.5 Å². The van der Waals surface area contributed by atoms with Gasteiger partial charge in [0.05, 0.1) is 11.3 Å². The fourth-order valence-electron chi connectivity index (χ4n) is 0.978. The van der Waals surface area contributed by atoms with E-state index in [1.165, 1.54) is 0 Å². The number of rotatable bonds is 2. The minimum absolute atomic E-state index is 0.273. The van der Waals surface area contributed by atoms with E-state index in [1.54, 1.807) is 0 Å². The average Bonchev–Trinajstić information content (AvgIpc) is 2.10. The van der Waals surface area contributed by atoms with Crippen molar-refractivity contribution in [1.82, 2.24) is 0 Å². The number of hydrogen-bond donors (Lipinski definition) is 1. The Morgan fingerprint density at radius 2 is 1.81 bits per heavy atom. The molecule has 16 heavy (non-hydrogen) atoms. The van der Waals surface area contributed by atoms with Gasteiger partial charge in [-0.25, -0.2) is 8.78 Å². The summed E-state index contributed by atoms with van der Waals surface area (Å²) >= 11 is 5.37. The van der Waals surface area contributed by atoms with E-state index >= 15 is 0 Å². The molecule has 0 fully saturated rings. The van der Waals surface area contributed by atoms with Crippen LogP contribution < -0.4 is 10.5 Å². The Morgan fingerprint density at radius 1 is 1.25 bits per heavy atom. The maximum absolute atomic E-state index is 12.4. The number of alkyl halides is 5. The molecule has 90 valence electrons. The van der Waals surface area contributed by atoms with Crippen LogP contribution in [0.4, 0.5) is 27.6 Å². The molecular weight excluding hydrogens is 257 g/mol. The number of halogens is 6. The summed E-state index contributed by atoms with van der Waals surface area (Å²) in [5.74, 6) is -1.16. The second kappa shape index (κ2) is 4.32. The predicted molar refractivity (Wildman–Crippen MR) is 47.5 cm³/mol. The summed E-state index contributed by atoms with van der Waals surface area (Å²) in [7, 11) is 0. The maximum Gasteiger partial charge on any atom is 0.573 e. The molecule has 0 saturated heterocycles. The SMILES string of the molecule is Nc1ccc(C(F)F)c(OC(F)(F)F)c1Cl. The quantitative estimate of drug-likeness (QED) is 0.650. The molecule has 0 aromatic heterocycles. The van der Waals surface area contributed by atoms with E-state index in [4.69, 9.17) is 17.3 Å². The van der Waals surface area contributed by atoms with Crippen molar-refractivity contribution >= 4 is 17.3 Å². The van der Waals surface area contributed by atoms with Crippen molar-refractivity contribution in [3.05, 3.63) is 22.7 Å². The van der Waals surface area contributed by atoms with Crippen LogP contribution in [0, 0.1) is 0 Å². The first-order chi connectivity index (χ1) is 7.22. The normalized spacial score (nSPS) is 11.9. The smallest absolute Gasteiger partial charge is 0.404 e. The minimum atomic E-state index is -5.11. The monoisotopic (exact) mass is 261 g/mol. The number of benzene rings is 1. The highest BCUT2D eigenvalue weighted by molar-refractivity contribution is 6.34. The molecule has 2 nitrogen and oxygen atoms in total. The van der Waals surface area contributed by atoms with E-state index in [2.05, 4.69) is 4.74 Å². The Morgan fingerprint density at radius 3 is 2.25 bits per heavy atom. The topological polar surface area (TPSA) is 35.2 Å². The molecule has 0 aliphatic heterocycles. The van der Waals surface area contributed by atoms with Crippen LogP contribution in [0.3, 0.4) is 0 Å². The van der Waals surface area contributed by atoms with Gasteiger partial charge in [0, 0.05) is 0 Å². The fraction of sp³-hybridized carbons (Fsp3) is 0.250. The summed E-state index contributed by atoms with van der Waals surface area (Å²) in [6.45, 7) is 0. The standard InChI is InChI=1S/C8H5ClF5NO/c9-5-4(15)2-1-3(7(10)11)6(5)16-8(12,13)14/h1-2,7H,15H2. The van der Waals surface area contributed by atoms with E-state index < -0.39 is 29.1 Å². The molecule has 0 saturated carbocycles. The van der Waals surface area contributed by atoms with Gasteiger partial charge in [-0.05, 0) is 12.1 Å². The number of ether oxygens (including phenoxy) is 1. The van der Waals surface area contributed by atoms with Crippen molar-refractivity contribution in [2.45, 2.75) is 12.8 Å². The Labute approximate surface area is 91.7 Å². The molecule has 0 aliphatic carbocycles. The van der Waals surface area contributed by atoms with Crippen molar-refractivity contribution in [3.63, 3.8) is 0 Å². The van der Waals surface area contributed by atoms with Gasteiger partial charge in [0.15, 0.2) is 5.75 Å². The van der Waals surface area contributed by atoms with Gasteiger partial charge >= 0.3 is 6.36 Å². The molecule has 1 aromatic rings. The summed E-state index contributed by atoms with van der Waals surface area (Å²) in [6.07, 6.45) is -8.25. The number of nitrogen functional groups attached to an aromatic ring is 1. The Hall–Kier alpha value is -1.24. The highest BCUT2D eigenvalue weighted by Gasteiger charge is 2.34. The largest absolute Gasteiger partial charge is 0.573 e. The second-order valence-corrected chi connectivity index (χ2v) is 3.11. The zero-order valence-electron chi connectivity index (χ0n) is 7.49. The molecule has 0 bridgehead atoms. The second-order valence-electron chi connectivity index (χ2n) is 2.74. The summed E-state index contributed by atoms with van der Waals surface area (Å²) in [4.78, 5) is 0. The molecular formula is C8H5ClF5NO. The highest BCUT2D eigenvalue weighted by Crippen LogP contribution is 2.41. The summed E-state index contributed by atoms with van der Waals surface area (Å²) < 4.78 is 63.9. The van der Waals surface area contributed by atoms with Crippen LogP contribution >= 0.6 is 11.6 Å². The van der Waals surface area contributed by atoms with Gasteiger partial charge in [-0.2, -0.15) is 0 Å². The molecule has 0 heterocycles. The van der Waals surface area contributed by atoms with Crippen molar-refractivity contribution < 1.29 is 26.7 Å². The fourth-order valence-corrected chi connectivity index (χ4v) is 1.19. The Kier molecular flexibility index (Phi) is 3.47. The molecule has 0 unspecified atom stereocenters. The van der Waals surface area contributed by atoms with Gasteiger partial charge in [-0.3, -0.25) is 0 Å². The lowest BCUT2D eigenvalue weighted by Gasteiger charge is -2.15. The van der Waals surface area contributed by atoms with E-state index in [1.807, 2.05) is 0 Å². The van der Waals surface area contributed by atoms with Crippen LogP contribution in [0.5, 0.6) is 5.75 Å². The predicted octanol–water partition coefficient (Wildman–Crippen LogP) is 3.76. The molecule has 0 amide bonds. The van der Waals surface area contributed by atoms with Crippen molar-refractivity contribution in [1.29, 1.82) is 0 Å². The first-order valence-corrected chi connectivity index (χ1v) is 4.22. The molecule has 8 heteroatoms. The molecule has 1 rings (SSSR count). The van der Waals surface area contributed by atoms with Crippen LogP contribution in [0.15, 0.2) is 12.1 Å². The van der Waals surface area contributed by atoms with Crippen molar-refractivity contribution in [2.24, 2.45) is 0 Å². The van der Waals surface area contributed by atoms with E-state index in [9.17, 15) is 22.0 Å². The molecule has 0 radical (unpaired) electrons. The summed E-state index contributed by atoms with van der Waals surface area (Å²) in [5, 5.41) is -0.685. The van der Waals surface area contributed by atoms with Crippen LogP contribution in [0.1, 0.15) is 12.0 Å². The molecule has 0 aliphatic rings. The number of hydrogen-bond acceptors (Lipinski definition) is 2. The first kappa shape index (κ1) is 12.8. The van der Waals surface area contributed by atoms with Gasteiger partial charge in [0.25, 0.3) is 6.43 Å². The first-order valence-electron chi connectivity index (χ1n) is 3.84. The lowest BCUT2D eigenvalue weighted by Crippen LogP contribution is -2.18. The lowest BCUT2D eigenvalue weighted by atomic mass is 10.2. The molecule has 0 spiro atoms. The van der Waals surface area contributed by atoms with E-state index in [-0.39, 0.29) is 5.69 Å². The van der Waals surface area contributed by atoms with Crippen molar-refractivity contribution in [2.75, 3.05) is 5.73 Å². The van der Waals surface area contributed by atoms with Crippen LogP contribution in [-0.2, 0) is 0 Å². The third kappa shape index (κ3) is 2.88. The maximum atomic E-state index is 12.4. The molecule has 1 aromatic carbocycles. The van der Waals surface area contributed by atoms with Gasteiger partial charge in [-0.1, -0.05) is 11.6 Å². The van der Waals surface area contributed by atoms with Crippen LogP contribution in [0.2, 0.25) is 5.02 Å². The van der Waals surface area contributed by atoms with E-state index in [0.717, 1.165) is 12.1 Å².